The molecule has 84 valence electrons. The zero-order valence-corrected chi connectivity index (χ0v) is 11.4. The van der Waals surface area contributed by atoms with E-state index < -0.39 is 0 Å². The second kappa shape index (κ2) is 5.57. The largest absolute Gasteiger partial charge is 0.315 e. The second-order valence-corrected chi connectivity index (χ2v) is 5.67. The topological polar surface area (TPSA) is 24.9 Å². The van der Waals surface area contributed by atoms with E-state index in [4.69, 9.17) is 0 Å². The van der Waals surface area contributed by atoms with Gasteiger partial charge in [-0.05, 0) is 24.7 Å². The molecule has 0 saturated heterocycles. The summed E-state index contributed by atoms with van der Waals surface area (Å²) < 4.78 is 1.12. The van der Waals surface area contributed by atoms with E-state index in [-0.39, 0.29) is 0 Å². The van der Waals surface area contributed by atoms with Crippen LogP contribution in [0.4, 0.5) is 0 Å². The average Bonchev–Trinajstić information content (AvgIpc) is 2.66. The van der Waals surface area contributed by atoms with Crippen molar-refractivity contribution in [2.24, 2.45) is 0 Å². The lowest BCUT2D eigenvalue weighted by Crippen LogP contribution is -2.02. The Labute approximate surface area is 108 Å². The van der Waals surface area contributed by atoms with E-state index in [1.165, 1.54) is 15.4 Å². The van der Waals surface area contributed by atoms with E-state index in [1.807, 2.05) is 19.3 Å². The Hall–Kier alpha value is -0.710. The minimum Gasteiger partial charge on any atom is -0.315 e. The van der Waals surface area contributed by atoms with E-state index >= 15 is 0 Å². The number of rotatable bonds is 4. The van der Waals surface area contributed by atoms with Gasteiger partial charge in [0, 0.05) is 28.5 Å². The van der Waals surface area contributed by atoms with Crippen molar-refractivity contribution in [1.82, 2.24) is 10.3 Å². The third kappa shape index (κ3) is 3.14. The summed E-state index contributed by atoms with van der Waals surface area (Å²) in [4.78, 5) is 5.71. The van der Waals surface area contributed by atoms with Crippen molar-refractivity contribution in [2.45, 2.75) is 13.0 Å². The summed E-state index contributed by atoms with van der Waals surface area (Å²) in [5.74, 6) is 0. The van der Waals surface area contributed by atoms with Crippen LogP contribution >= 0.6 is 27.3 Å². The molecule has 1 N–H and O–H groups in total. The lowest BCUT2D eigenvalue weighted by atomic mass is 10.2. The highest BCUT2D eigenvalue weighted by atomic mass is 79.9. The third-order valence-corrected chi connectivity index (χ3v) is 3.69. The third-order valence-electron chi connectivity index (χ3n) is 2.20. The number of nitrogens with zero attached hydrogens (tertiary/aromatic N) is 1. The van der Waals surface area contributed by atoms with Crippen molar-refractivity contribution in [2.75, 3.05) is 7.05 Å². The summed E-state index contributed by atoms with van der Waals surface area (Å²) >= 11 is 5.25. The van der Waals surface area contributed by atoms with Crippen LogP contribution in [0.1, 0.15) is 15.4 Å². The van der Waals surface area contributed by atoms with Crippen LogP contribution in [0.25, 0.3) is 0 Å². The van der Waals surface area contributed by atoms with Gasteiger partial charge in [0.1, 0.15) is 0 Å². The minimum atomic E-state index is 0.899. The molecule has 0 radical (unpaired) electrons. The standard InChI is InChI=1S/C12H13BrN2S/c1-14-7-11-8-15-12(16-11)6-9-3-2-4-10(13)5-9/h2-5,8,14H,6-7H2,1H3. The van der Waals surface area contributed by atoms with Crippen LogP contribution in [0, 0.1) is 0 Å². The molecule has 1 heterocycles. The number of halogens is 1. The fourth-order valence-corrected chi connectivity index (χ4v) is 2.92. The lowest BCUT2D eigenvalue weighted by molar-refractivity contribution is 0.829. The maximum Gasteiger partial charge on any atom is 0.0972 e. The molecule has 16 heavy (non-hydrogen) atoms. The second-order valence-electron chi connectivity index (χ2n) is 3.56. The van der Waals surface area contributed by atoms with E-state index in [1.54, 1.807) is 11.3 Å². The van der Waals surface area contributed by atoms with Crippen molar-refractivity contribution < 1.29 is 0 Å². The zero-order chi connectivity index (χ0) is 11.4. The Balaban J connectivity index is 2.08. The molecule has 0 amide bonds. The molecule has 4 heteroatoms. The zero-order valence-electron chi connectivity index (χ0n) is 9.03. The normalized spacial score (nSPS) is 10.6. The highest BCUT2D eigenvalue weighted by Crippen LogP contribution is 2.19. The number of benzene rings is 1. The smallest absolute Gasteiger partial charge is 0.0972 e. The predicted molar refractivity (Wildman–Crippen MR) is 71.8 cm³/mol. The summed E-state index contributed by atoms with van der Waals surface area (Å²) in [6.07, 6.45) is 2.86. The van der Waals surface area contributed by atoms with Crippen LogP contribution in [0.5, 0.6) is 0 Å². The number of aromatic nitrogens is 1. The van der Waals surface area contributed by atoms with E-state index in [9.17, 15) is 0 Å². The van der Waals surface area contributed by atoms with Crippen LogP contribution in [0.3, 0.4) is 0 Å². The Morgan fingerprint density at radius 2 is 2.31 bits per heavy atom. The molecule has 0 aliphatic rings. The van der Waals surface area contributed by atoms with Crippen LogP contribution in [0.2, 0.25) is 0 Å². The minimum absolute atomic E-state index is 0.899. The predicted octanol–water partition coefficient (Wildman–Crippen LogP) is 3.22. The van der Waals surface area contributed by atoms with Crippen molar-refractivity contribution in [3.05, 3.63) is 50.4 Å². The summed E-state index contributed by atoms with van der Waals surface area (Å²) in [5, 5.41) is 4.30. The number of hydrogen-bond donors (Lipinski definition) is 1. The summed E-state index contributed by atoms with van der Waals surface area (Å²) in [6.45, 7) is 0.899. The molecule has 2 aromatic rings. The Morgan fingerprint density at radius 1 is 1.44 bits per heavy atom. The first-order valence-corrected chi connectivity index (χ1v) is 6.71. The fourth-order valence-electron chi connectivity index (χ4n) is 1.51. The molecule has 0 spiro atoms. The highest BCUT2D eigenvalue weighted by Gasteiger charge is 2.02. The summed E-state index contributed by atoms with van der Waals surface area (Å²) in [7, 11) is 1.95. The van der Waals surface area contributed by atoms with Gasteiger partial charge in [-0.25, -0.2) is 4.98 Å². The maximum absolute atomic E-state index is 4.42. The quantitative estimate of drug-likeness (QED) is 0.937. The Kier molecular flexibility index (Phi) is 4.09. The Morgan fingerprint density at radius 3 is 3.06 bits per heavy atom. The summed E-state index contributed by atoms with van der Waals surface area (Å²) in [6, 6.07) is 8.36. The van der Waals surface area contributed by atoms with Crippen molar-refractivity contribution in [1.29, 1.82) is 0 Å². The molecule has 0 atom stereocenters. The van der Waals surface area contributed by atoms with Crippen molar-refractivity contribution in [3.8, 4) is 0 Å². The van der Waals surface area contributed by atoms with E-state index in [2.05, 4.69) is 44.4 Å². The van der Waals surface area contributed by atoms with Crippen LogP contribution in [-0.4, -0.2) is 12.0 Å². The van der Waals surface area contributed by atoms with Crippen molar-refractivity contribution >= 4 is 27.3 Å². The fraction of sp³-hybridized carbons (Fsp3) is 0.250. The summed E-state index contributed by atoms with van der Waals surface area (Å²) in [5.41, 5.74) is 1.29. The van der Waals surface area contributed by atoms with Crippen LogP contribution < -0.4 is 5.32 Å². The Bertz CT molecular complexity index is 468. The molecule has 2 rings (SSSR count). The first-order valence-electron chi connectivity index (χ1n) is 5.10. The SMILES string of the molecule is CNCc1cnc(Cc2cccc(Br)c2)s1. The van der Waals surface area contributed by atoms with Gasteiger partial charge in [-0.1, -0.05) is 28.1 Å². The molecular formula is C12H13BrN2S. The van der Waals surface area contributed by atoms with Crippen LogP contribution in [-0.2, 0) is 13.0 Å². The van der Waals surface area contributed by atoms with Gasteiger partial charge in [-0.15, -0.1) is 11.3 Å². The monoisotopic (exact) mass is 296 g/mol. The molecule has 1 aromatic carbocycles. The molecule has 2 nitrogen and oxygen atoms in total. The van der Waals surface area contributed by atoms with Gasteiger partial charge in [0.15, 0.2) is 0 Å². The van der Waals surface area contributed by atoms with E-state index in [0.717, 1.165) is 17.4 Å². The number of nitrogens with one attached hydrogen (secondary N) is 1. The molecule has 0 aliphatic heterocycles. The van der Waals surface area contributed by atoms with Crippen molar-refractivity contribution in [3.63, 3.8) is 0 Å². The number of thiazole rings is 1. The number of hydrogen-bond acceptors (Lipinski definition) is 3. The van der Waals surface area contributed by atoms with Crippen LogP contribution in [0.15, 0.2) is 34.9 Å². The molecule has 1 aromatic heterocycles. The highest BCUT2D eigenvalue weighted by molar-refractivity contribution is 9.10. The maximum atomic E-state index is 4.42. The van der Waals surface area contributed by atoms with E-state index in [0.29, 0.717) is 0 Å². The molecular weight excluding hydrogens is 284 g/mol. The first kappa shape index (κ1) is 11.8. The van der Waals surface area contributed by atoms with Gasteiger partial charge in [0.05, 0.1) is 5.01 Å². The molecule has 0 fully saturated rings. The van der Waals surface area contributed by atoms with Gasteiger partial charge in [-0.3, -0.25) is 0 Å². The molecule has 0 unspecified atom stereocenters. The molecule has 0 aliphatic carbocycles. The molecule has 0 saturated carbocycles. The van der Waals surface area contributed by atoms with Gasteiger partial charge < -0.3 is 5.32 Å². The first-order chi connectivity index (χ1) is 7.78. The van der Waals surface area contributed by atoms with Gasteiger partial charge in [0.25, 0.3) is 0 Å². The van der Waals surface area contributed by atoms with Gasteiger partial charge in [-0.2, -0.15) is 0 Å². The molecule has 0 bridgehead atoms. The van der Waals surface area contributed by atoms with Gasteiger partial charge in [0.2, 0.25) is 0 Å². The average molecular weight is 297 g/mol. The van der Waals surface area contributed by atoms with Gasteiger partial charge >= 0.3 is 0 Å². The lowest BCUT2D eigenvalue weighted by Gasteiger charge is -1.98.